The number of carbonyl (C=O) groups excluding carboxylic acids is 1. The van der Waals surface area contributed by atoms with Gasteiger partial charge in [0.1, 0.15) is 48.8 Å². The lowest BCUT2D eigenvalue weighted by atomic mass is 9.97. The van der Waals surface area contributed by atoms with Gasteiger partial charge in [0.25, 0.3) is 0 Å². The van der Waals surface area contributed by atoms with Gasteiger partial charge in [-0.25, -0.2) is 0 Å². The van der Waals surface area contributed by atoms with Crippen molar-refractivity contribution in [1.82, 2.24) is 5.32 Å². The molecule has 0 aromatic heterocycles. The van der Waals surface area contributed by atoms with Gasteiger partial charge in [-0.05, 0) is 57.8 Å². The molecule has 0 aliphatic carbocycles. The summed E-state index contributed by atoms with van der Waals surface area (Å²) in [5.74, 6) is -0.249. The van der Waals surface area contributed by atoms with Crippen molar-refractivity contribution in [3.8, 4) is 0 Å². The first kappa shape index (κ1) is 72.3. The van der Waals surface area contributed by atoms with Crippen molar-refractivity contribution >= 4 is 5.91 Å². The summed E-state index contributed by atoms with van der Waals surface area (Å²) in [6.07, 6.45) is 44.8. The van der Waals surface area contributed by atoms with Gasteiger partial charge in [-0.1, -0.05) is 243 Å². The highest BCUT2D eigenvalue weighted by molar-refractivity contribution is 5.76. The Hall–Kier alpha value is -1.79. The number of allylic oxidation sites excluding steroid dienone is 5. The van der Waals surface area contributed by atoms with Gasteiger partial charge < -0.3 is 65.1 Å². The fraction of sp³-hybridized carbons (Fsp3) is 0.891. The van der Waals surface area contributed by atoms with Crippen LogP contribution in [0.5, 0.6) is 0 Å². The summed E-state index contributed by atoms with van der Waals surface area (Å²) < 4.78 is 22.8. The lowest BCUT2D eigenvalue weighted by molar-refractivity contribution is -0.359. The fourth-order valence-corrected chi connectivity index (χ4v) is 10.6. The number of carbonyl (C=O) groups is 1. The second kappa shape index (κ2) is 49.8. The molecule has 78 heavy (non-hydrogen) atoms. The molecule has 9 N–H and O–H groups in total. The van der Waals surface area contributed by atoms with Crippen LogP contribution in [-0.4, -0.2) is 140 Å². The Morgan fingerprint density at radius 3 is 1.26 bits per heavy atom. The molecule has 2 saturated heterocycles. The SMILES string of the molecule is CCCCCCCC/C=C\CCCCCCCCCCCC(=O)NC(COC1OC(CO)C(OC2OC(CO)C(O)C(O)C2O)C(O)C1O)C(O)/C=C/CC/C=C/CCCCCCCCCCCCCCCCCCCCC. The average Bonchev–Trinajstić information content (AvgIpc) is 3.48. The van der Waals surface area contributed by atoms with Crippen molar-refractivity contribution < 1.29 is 64.6 Å². The molecule has 0 radical (unpaired) electrons. The van der Waals surface area contributed by atoms with E-state index in [9.17, 15) is 45.6 Å². The first-order chi connectivity index (χ1) is 38.1. The summed E-state index contributed by atoms with van der Waals surface area (Å²) in [6.45, 7) is 2.80. The Labute approximate surface area is 474 Å². The highest BCUT2D eigenvalue weighted by Crippen LogP contribution is 2.30. The van der Waals surface area contributed by atoms with Crippen molar-refractivity contribution in [2.45, 2.75) is 344 Å². The van der Waals surface area contributed by atoms with Gasteiger partial charge in [0.2, 0.25) is 5.91 Å². The summed E-state index contributed by atoms with van der Waals surface area (Å²) in [6, 6.07) is -0.932. The lowest BCUT2D eigenvalue weighted by Gasteiger charge is -2.46. The van der Waals surface area contributed by atoms with Crippen LogP contribution in [0.15, 0.2) is 36.5 Å². The number of aliphatic hydroxyl groups is 8. The number of unbranched alkanes of at least 4 members (excludes halogenated alkanes) is 35. The summed E-state index contributed by atoms with van der Waals surface area (Å²) in [7, 11) is 0. The number of hydrogen-bond acceptors (Lipinski definition) is 13. The molecule has 458 valence electrons. The number of aliphatic hydroxyl groups excluding tert-OH is 8. The van der Waals surface area contributed by atoms with Crippen LogP contribution >= 0.6 is 0 Å². The van der Waals surface area contributed by atoms with Crippen LogP contribution in [0.4, 0.5) is 0 Å². The monoisotopic (exact) mass is 1110 g/mol. The summed E-state index contributed by atoms with van der Waals surface area (Å²) in [4.78, 5) is 13.3. The normalized spacial score (nSPS) is 24.7. The zero-order valence-corrected chi connectivity index (χ0v) is 49.4. The van der Waals surface area contributed by atoms with Gasteiger partial charge in [-0.3, -0.25) is 4.79 Å². The zero-order valence-electron chi connectivity index (χ0n) is 49.4. The third kappa shape index (κ3) is 34.6. The predicted molar refractivity (Wildman–Crippen MR) is 314 cm³/mol. The smallest absolute Gasteiger partial charge is 0.220 e. The molecule has 14 heteroatoms. The predicted octanol–water partition coefficient (Wildman–Crippen LogP) is 11.8. The van der Waals surface area contributed by atoms with Gasteiger partial charge in [0.05, 0.1) is 32.0 Å². The summed E-state index contributed by atoms with van der Waals surface area (Å²) in [5.41, 5.74) is 0. The van der Waals surface area contributed by atoms with Crippen LogP contribution in [0.25, 0.3) is 0 Å². The summed E-state index contributed by atoms with van der Waals surface area (Å²) >= 11 is 0. The van der Waals surface area contributed by atoms with E-state index in [4.69, 9.17) is 18.9 Å². The van der Waals surface area contributed by atoms with E-state index in [1.165, 1.54) is 205 Å². The maximum absolute atomic E-state index is 13.3. The number of ether oxygens (including phenoxy) is 4. The molecule has 0 saturated carbocycles. The molecule has 12 unspecified atom stereocenters. The van der Waals surface area contributed by atoms with Crippen molar-refractivity contribution in [2.24, 2.45) is 0 Å². The Balaban J connectivity index is 1.75. The molecule has 14 nitrogen and oxygen atoms in total. The third-order valence-electron chi connectivity index (χ3n) is 15.8. The van der Waals surface area contributed by atoms with E-state index in [2.05, 4.69) is 43.5 Å². The van der Waals surface area contributed by atoms with Crippen molar-refractivity contribution in [1.29, 1.82) is 0 Å². The van der Waals surface area contributed by atoms with Crippen LogP contribution < -0.4 is 5.32 Å². The van der Waals surface area contributed by atoms with Crippen LogP contribution in [-0.2, 0) is 23.7 Å². The Morgan fingerprint density at radius 1 is 0.449 bits per heavy atom. The molecule has 0 bridgehead atoms. The van der Waals surface area contributed by atoms with E-state index in [-0.39, 0.29) is 18.9 Å². The number of hydrogen-bond donors (Lipinski definition) is 9. The molecule has 2 aliphatic rings. The van der Waals surface area contributed by atoms with Gasteiger partial charge >= 0.3 is 0 Å². The van der Waals surface area contributed by atoms with Crippen LogP contribution in [0.1, 0.15) is 271 Å². The third-order valence-corrected chi connectivity index (χ3v) is 15.8. The lowest BCUT2D eigenvalue weighted by Crippen LogP contribution is -2.65. The van der Waals surface area contributed by atoms with E-state index in [1.54, 1.807) is 6.08 Å². The molecule has 0 spiro atoms. The highest BCUT2D eigenvalue weighted by atomic mass is 16.7. The van der Waals surface area contributed by atoms with Crippen LogP contribution in [0.3, 0.4) is 0 Å². The first-order valence-corrected chi connectivity index (χ1v) is 32.2. The molecule has 0 aromatic rings. The van der Waals surface area contributed by atoms with Crippen LogP contribution in [0.2, 0.25) is 0 Å². The van der Waals surface area contributed by atoms with E-state index in [0.717, 1.165) is 32.1 Å². The van der Waals surface area contributed by atoms with Crippen molar-refractivity contribution in [2.75, 3.05) is 19.8 Å². The largest absolute Gasteiger partial charge is 0.394 e. The standard InChI is InChI=1S/C64H119NO13/c1-3-5-7-9-11-13-15-17-19-21-23-24-25-26-27-28-30-31-33-35-37-39-41-43-45-47-53(68)52(65-56(69)48-46-44-42-40-38-36-34-32-29-22-20-18-16-14-12-10-8-6-4-2)51-75-63-61(74)59(72)62(55(50-67)77-63)78-64-60(73)58(71)57(70)54(49-66)76-64/h18,20,37,39,45,47,52-55,57-64,66-68,70-74H,3-17,19,21-36,38,40-44,46,48-51H2,1-2H3,(H,65,69)/b20-18-,39-37+,47-45+. The maximum atomic E-state index is 13.3. The topological polar surface area (TPSA) is 228 Å². The number of amides is 1. The molecule has 12 atom stereocenters. The quantitative estimate of drug-likeness (QED) is 0.0204. The van der Waals surface area contributed by atoms with Gasteiger partial charge in [0.15, 0.2) is 12.6 Å². The number of nitrogens with one attached hydrogen (secondary N) is 1. The van der Waals surface area contributed by atoms with Gasteiger partial charge in [-0.2, -0.15) is 0 Å². The summed E-state index contributed by atoms with van der Waals surface area (Å²) in [5, 5.41) is 87.2. The van der Waals surface area contributed by atoms with E-state index < -0.39 is 86.8 Å². The van der Waals surface area contributed by atoms with Crippen LogP contribution in [0, 0.1) is 0 Å². The first-order valence-electron chi connectivity index (χ1n) is 32.2. The minimum atomic E-state index is -1.79. The Kier molecular flexibility index (Phi) is 46.2. The number of rotatable bonds is 52. The minimum Gasteiger partial charge on any atom is -0.394 e. The van der Waals surface area contributed by atoms with E-state index >= 15 is 0 Å². The molecular weight excluding hydrogens is 991 g/mol. The maximum Gasteiger partial charge on any atom is 0.220 e. The molecule has 1 amide bonds. The van der Waals surface area contributed by atoms with E-state index in [0.29, 0.717) is 12.8 Å². The minimum absolute atomic E-state index is 0.249. The molecule has 2 heterocycles. The Bertz CT molecular complexity index is 1450. The molecule has 0 aromatic carbocycles. The molecule has 2 aliphatic heterocycles. The zero-order chi connectivity index (χ0) is 56.7. The second-order valence-corrected chi connectivity index (χ2v) is 22.9. The fourth-order valence-electron chi connectivity index (χ4n) is 10.6. The van der Waals surface area contributed by atoms with Crippen molar-refractivity contribution in [3.05, 3.63) is 36.5 Å². The molecule has 2 rings (SSSR count). The van der Waals surface area contributed by atoms with Gasteiger partial charge in [-0.15, -0.1) is 0 Å². The average molecular weight is 1110 g/mol. The van der Waals surface area contributed by atoms with Gasteiger partial charge in [0, 0.05) is 6.42 Å². The molecule has 2 fully saturated rings. The Morgan fingerprint density at radius 2 is 0.821 bits per heavy atom. The molecular formula is C64H119NO13. The van der Waals surface area contributed by atoms with E-state index in [1.807, 2.05) is 6.08 Å². The van der Waals surface area contributed by atoms with Crippen molar-refractivity contribution in [3.63, 3.8) is 0 Å². The second-order valence-electron chi connectivity index (χ2n) is 22.9. The highest BCUT2D eigenvalue weighted by Gasteiger charge is 2.51.